The Morgan fingerprint density at radius 2 is 0.909 bits per heavy atom. The molecule has 0 saturated heterocycles. The standard InChI is InChI=1S/C21H17N9O3/c1-2-21(31-28-18-12-6-3-9-15(18)22-25-28,32-29-19-13-7-4-10-16(19)23-26-29)33-30-20-14-8-5-11-17(20)24-27-30/h3-14H,2H2,1H3. The predicted molar refractivity (Wildman–Crippen MR) is 115 cm³/mol. The highest BCUT2D eigenvalue weighted by molar-refractivity contribution is 5.74. The van der Waals surface area contributed by atoms with Crippen LogP contribution < -0.4 is 14.5 Å². The van der Waals surface area contributed by atoms with Crippen molar-refractivity contribution in [3.63, 3.8) is 0 Å². The zero-order chi connectivity index (χ0) is 22.3. The molecule has 0 aliphatic heterocycles. The molecule has 0 aliphatic carbocycles. The molecule has 12 heteroatoms. The van der Waals surface area contributed by atoms with Crippen molar-refractivity contribution < 1.29 is 14.5 Å². The molecule has 0 unspecified atom stereocenters. The van der Waals surface area contributed by atoms with Gasteiger partial charge in [-0.15, -0.1) is 15.3 Å². The Morgan fingerprint density at radius 1 is 0.576 bits per heavy atom. The van der Waals surface area contributed by atoms with E-state index in [2.05, 4.69) is 30.9 Å². The Labute approximate surface area is 185 Å². The summed E-state index contributed by atoms with van der Waals surface area (Å²) >= 11 is 0. The van der Waals surface area contributed by atoms with Gasteiger partial charge in [0, 0.05) is 0 Å². The largest absolute Gasteiger partial charge is 0.475 e. The van der Waals surface area contributed by atoms with E-state index in [1.807, 2.05) is 79.7 Å². The molecule has 3 heterocycles. The fourth-order valence-corrected chi connectivity index (χ4v) is 3.38. The number of nitrogens with zero attached hydrogens (tertiary/aromatic N) is 9. The van der Waals surface area contributed by atoms with Gasteiger partial charge in [-0.1, -0.05) is 57.9 Å². The molecule has 0 saturated carbocycles. The molecule has 0 N–H and O–H groups in total. The average molecular weight is 443 g/mol. The van der Waals surface area contributed by atoms with Crippen molar-refractivity contribution in [1.29, 1.82) is 0 Å². The second kappa shape index (κ2) is 7.44. The molecule has 6 rings (SSSR count). The van der Waals surface area contributed by atoms with Crippen LogP contribution in [-0.4, -0.2) is 51.4 Å². The Hall–Kier alpha value is -4.74. The van der Waals surface area contributed by atoms with Crippen molar-refractivity contribution >= 4 is 33.1 Å². The fraction of sp³-hybridized carbons (Fsp3) is 0.143. The first-order valence-corrected chi connectivity index (χ1v) is 10.2. The van der Waals surface area contributed by atoms with E-state index in [-0.39, 0.29) is 6.42 Å². The number of benzene rings is 3. The van der Waals surface area contributed by atoms with Gasteiger partial charge >= 0.3 is 5.97 Å². The minimum atomic E-state index is -1.76. The van der Waals surface area contributed by atoms with Crippen LogP contribution in [0.1, 0.15) is 13.3 Å². The Balaban J connectivity index is 1.45. The van der Waals surface area contributed by atoms with E-state index in [4.69, 9.17) is 14.5 Å². The van der Waals surface area contributed by atoms with Crippen LogP contribution in [0.15, 0.2) is 72.8 Å². The molecular weight excluding hydrogens is 426 g/mol. The molecule has 0 spiro atoms. The summed E-state index contributed by atoms with van der Waals surface area (Å²) in [5.74, 6) is -1.76. The van der Waals surface area contributed by atoms with Gasteiger partial charge in [0.05, 0.1) is 6.42 Å². The lowest BCUT2D eigenvalue weighted by atomic mass is 10.3. The van der Waals surface area contributed by atoms with Crippen molar-refractivity contribution in [2.24, 2.45) is 0 Å². The number of hydrogen-bond donors (Lipinski definition) is 0. The van der Waals surface area contributed by atoms with Gasteiger partial charge in [-0.3, -0.25) is 0 Å². The van der Waals surface area contributed by atoms with Crippen LogP contribution in [0.3, 0.4) is 0 Å². The van der Waals surface area contributed by atoms with E-state index in [1.54, 1.807) is 0 Å². The molecule has 3 aromatic carbocycles. The van der Waals surface area contributed by atoms with Crippen LogP contribution in [-0.2, 0) is 0 Å². The van der Waals surface area contributed by atoms with E-state index in [0.29, 0.717) is 33.1 Å². The fourth-order valence-electron chi connectivity index (χ4n) is 3.38. The molecule has 6 aromatic rings. The molecule has 0 bridgehead atoms. The van der Waals surface area contributed by atoms with Crippen LogP contribution >= 0.6 is 0 Å². The molecule has 0 atom stereocenters. The molecule has 3 aromatic heterocycles. The van der Waals surface area contributed by atoms with Crippen molar-refractivity contribution in [3.8, 4) is 0 Å². The Morgan fingerprint density at radius 3 is 1.24 bits per heavy atom. The number of fused-ring (bicyclic) bond motifs is 3. The van der Waals surface area contributed by atoms with E-state index < -0.39 is 5.97 Å². The summed E-state index contributed by atoms with van der Waals surface area (Å²) in [7, 11) is 0. The van der Waals surface area contributed by atoms with Crippen molar-refractivity contribution in [2.75, 3.05) is 0 Å². The lowest BCUT2D eigenvalue weighted by Crippen LogP contribution is -2.57. The van der Waals surface area contributed by atoms with Gasteiger partial charge in [-0.25, -0.2) is 0 Å². The lowest BCUT2D eigenvalue weighted by Gasteiger charge is -2.29. The molecule has 0 amide bonds. The van der Waals surface area contributed by atoms with Crippen LogP contribution in [0.2, 0.25) is 0 Å². The van der Waals surface area contributed by atoms with Gasteiger partial charge in [0.1, 0.15) is 33.1 Å². The highest BCUT2D eigenvalue weighted by atomic mass is 17.0. The summed E-state index contributed by atoms with van der Waals surface area (Å²) in [6, 6.07) is 22.1. The molecular formula is C21H17N9O3. The smallest absolute Gasteiger partial charge is 0.306 e. The Bertz CT molecular complexity index is 1390. The zero-order valence-electron chi connectivity index (χ0n) is 17.4. The minimum Gasteiger partial charge on any atom is -0.306 e. The summed E-state index contributed by atoms with van der Waals surface area (Å²) in [5, 5.41) is 24.7. The van der Waals surface area contributed by atoms with Crippen LogP contribution in [0.5, 0.6) is 0 Å². The monoisotopic (exact) mass is 443 g/mol. The van der Waals surface area contributed by atoms with Crippen molar-refractivity contribution in [3.05, 3.63) is 72.8 Å². The van der Waals surface area contributed by atoms with Gasteiger partial charge in [0.25, 0.3) is 0 Å². The second-order valence-electron chi connectivity index (χ2n) is 7.16. The summed E-state index contributed by atoms with van der Waals surface area (Å²) < 4.78 is 0. The SMILES string of the molecule is CCC(On1nnc2ccccc21)(On1nnc2ccccc21)On1nnc2ccccc21. The van der Waals surface area contributed by atoms with Crippen LogP contribution in [0.4, 0.5) is 0 Å². The quantitative estimate of drug-likeness (QED) is 0.339. The molecule has 0 fully saturated rings. The third-order valence-electron chi connectivity index (χ3n) is 5.07. The normalized spacial score (nSPS) is 11.9. The molecule has 33 heavy (non-hydrogen) atoms. The number of para-hydroxylation sites is 3. The maximum absolute atomic E-state index is 6.17. The molecule has 0 aliphatic rings. The van der Waals surface area contributed by atoms with Crippen molar-refractivity contribution in [1.82, 2.24) is 45.5 Å². The first-order valence-electron chi connectivity index (χ1n) is 10.2. The highest BCUT2D eigenvalue weighted by Crippen LogP contribution is 2.19. The van der Waals surface area contributed by atoms with E-state index >= 15 is 0 Å². The van der Waals surface area contributed by atoms with Gasteiger partial charge in [-0.05, 0) is 52.0 Å². The Kier molecular flexibility index (Phi) is 4.28. The van der Waals surface area contributed by atoms with Crippen LogP contribution in [0, 0.1) is 0 Å². The first kappa shape index (κ1) is 19.0. The van der Waals surface area contributed by atoms with Gasteiger partial charge in [-0.2, -0.15) is 0 Å². The number of rotatable bonds is 7. The van der Waals surface area contributed by atoms with Crippen LogP contribution in [0.25, 0.3) is 33.1 Å². The average Bonchev–Trinajstić information content (AvgIpc) is 3.57. The predicted octanol–water partition coefficient (Wildman–Crippen LogP) is 1.67. The van der Waals surface area contributed by atoms with Gasteiger partial charge in [0.2, 0.25) is 0 Å². The van der Waals surface area contributed by atoms with E-state index in [0.717, 1.165) is 0 Å². The summed E-state index contributed by atoms with van der Waals surface area (Å²) in [4.78, 5) is 22.3. The zero-order valence-corrected chi connectivity index (χ0v) is 17.4. The van der Waals surface area contributed by atoms with Gasteiger partial charge in [0.15, 0.2) is 0 Å². The number of hydrogen-bond acceptors (Lipinski definition) is 9. The molecule has 164 valence electrons. The minimum absolute atomic E-state index is 0.212. The maximum atomic E-state index is 6.17. The number of aromatic nitrogens is 9. The topological polar surface area (TPSA) is 120 Å². The second-order valence-corrected chi connectivity index (χ2v) is 7.16. The maximum Gasteiger partial charge on any atom is 0.475 e. The first-order chi connectivity index (χ1) is 16.2. The third-order valence-corrected chi connectivity index (χ3v) is 5.07. The lowest BCUT2D eigenvalue weighted by molar-refractivity contribution is -0.383. The van der Waals surface area contributed by atoms with Gasteiger partial charge < -0.3 is 14.5 Å². The van der Waals surface area contributed by atoms with Crippen molar-refractivity contribution in [2.45, 2.75) is 19.3 Å². The third kappa shape index (κ3) is 3.24. The summed E-state index contributed by atoms with van der Waals surface area (Å²) in [5.41, 5.74) is 3.86. The highest BCUT2D eigenvalue weighted by Gasteiger charge is 2.42. The summed E-state index contributed by atoms with van der Waals surface area (Å²) in [6.07, 6.45) is 0.212. The van der Waals surface area contributed by atoms with E-state index in [9.17, 15) is 0 Å². The summed E-state index contributed by atoms with van der Waals surface area (Å²) in [6.45, 7) is 1.83. The molecule has 12 nitrogen and oxygen atoms in total. The molecule has 0 radical (unpaired) electrons. The van der Waals surface area contributed by atoms with E-state index in [1.165, 1.54) is 14.5 Å².